The van der Waals surface area contributed by atoms with Crippen LogP contribution in [-0.4, -0.2) is 63.2 Å². The highest BCUT2D eigenvalue weighted by Crippen LogP contribution is 2.78. The Kier molecular flexibility index (Phi) is 7.81. The number of Topliss-reactive ketones (excluding diaryl/α,β-unsaturated/α-hetero) is 1. The maximum absolute atomic E-state index is 15.2. The molecule has 4 saturated carbocycles. The Morgan fingerprint density at radius 2 is 1.66 bits per heavy atom. The standard InChI is InChI=1S/C47H55NO6S2/c1-40(2)43(5)19-22-47(40,54-39(43)52)38(51)48(23-15-31-10-8-24-55-31)28-45(53)18-14-36-42(45,4)17-13-35-41(3)16-12-30(49)26-44(41)20-21-46(35,36)32(27-44)37(50)34-25-29-9-6-7-11-33(29)56-34/h6-11,20-21,24-25,27,30,35-36,49,53H,12-19,22-23,26,28H2,1-5H3. The minimum Gasteiger partial charge on any atom is -0.448 e. The van der Waals surface area contributed by atoms with Crippen LogP contribution in [0.25, 0.3) is 10.1 Å². The summed E-state index contributed by atoms with van der Waals surface area (Å²) in [5.41, 5.74) is -4.85. The molecule has 9 heteroatoms. The van der Waals surface area contributed by atoms with Crippen molar-refractivity contribution in [1.29, 1.82) is 0 Å². The number of carbonyl (C=O) groups is 3. The molecule has 7 aliphatic carbocycles. The number of ketones is 1. The van der Waals surface area contributed by atoms with Crippen LogP contribution in [0, 0.1) is 44.3 Å². The number of thiophene rings is 2. The Morgan fingerprint density at radius 1 is 0.911 bits per heavy atom. The molecule has 1 aromatic carbocycles. The summed E-state index contributed by atoms with van der Waals surface area (Å²) in [5, 5.41) is 27.6. The molecule has 3 aromatic rings. The number of amides is 1. The zero-order valence-electron chi connectivity index (χ0n) is 33.4. The first kappa shape index (κ1) is 37.2. The number of rotatable bonds is 8. The summed E-state index contributed by atoms with van der Waals surface area (Å²) < 4.78 is 7.27. The van der Waals surface area contributed by atoms with Crippen molar-refractivity contribution in [2.75, 3.05) is 13.1 Å². The average molecular weight is 794 g/mol. The lowest BCUT2D eigenvalue weighted by atomic mass is 9.32. The molecule has 11 rings (SSSR count). The monoisotopic (exact) mass is 793 g/mol. The summed E-state index contributed by atoms with van der Waals surface area (Å²) in [6, 6.07) is 14.3. The van der Waals surface area contributed by atoms with E-state index in [-0.39, 0.29) is 41.5 Å². The van der Waals surface area contributed by atoms with Gasteiger partial charge in [0.15, 0.2) is 11.4 Å². The van der Waals surface area contributed by atoms with Crippen molar-refractivity contribution in [2.45, 2.75) is 116 Å². The third-order valence-corrected chi connectivity index (χ3v) is 20.0. The molecule has 296 valence electrons. The van der Waals surface area contributed by atoms with Crippen LogP contribution in [-0.2, 0) is 20.7 Å². The van der Waals surface area contributed by atoms with E-state index in [0.717, 1.165) is 52.6 Å². The van der Waals surface area contributed by atoms with Gasteiger partial charge in [-0.1, -0.05) is 70.2 Å². The molecule has 1 aliphatic heterocycles. The first-order chi connectivity index (χ1) is 26.5. The summed E-state index contributed by atoms with van der Waals surface area (Å²) in [6.07, 6.45) is 13.4. The highest BCUT2D eigenvalue weighted by atomic mass is 32.1. The number of carbonyl (C=O) groups excluding carboxylic acids is 3. The van der Waals surface area contributed by atoms with Crippen molar-refractivity contribution in [2.24, 2.45) is 44.3 Å². The van der Waals surface area contributed by atoms with E-state index >= 15 is 9.59 Å². The van der Waals surface area contributed by atoms with Gasteiger partial charge in [-0.3, -0.25) is 14.4 Å². The Bertz CT molecular complexity index is 2210. The van der Waals surface area contributed by atoms with Crippen molar-refractivity contribution in [3.05, 3.63) is 81.4 Å². The zero-order chi connectivity index (χ0) is 39.3. The number of nitrogens with zero attached hydrogens (tertiary/aromatic N) is 1. The molecule has 8 aliphatic rings. The summed E-state index contributed by atoms with van der Waals surface area (Å²) in [5.74, 6) is -0.271. The lowest BCUT2D eigenvalue weighted by molar-refractivity contribution is -0.187. The fourth-order valence-corrected chi connectivity index (χ4v) is 15.8. The Morgan fingerprint density at radius 3 is 2.38 bits per heavy atom. The third kappa shape index (κ3) is 4.39. The second kappa shape index (κ2) is 11.8. The van der Waals surface area contributed by atoms with Gasteiger partial charge >= 0.3 is 5.97 Å². The van der Waals surface area contributed by atoms with Gasteiger partial charge in [-0.15, -0.1) is 22.7 Å². The SMILES string of the molecule is CC12CCC(C(=O)N(CCc3cccs3)CC3(O)CCC4C56C=CC7(C=C5C(=O)c5cc8ccccc8s5)CC(O)CCC7(C)C6CCC43C)(OC1=O)C2(C)C. The second-order valence-corrected chi connectivity index (χ2v) is 22.1. The third-order valence-electron chi connectivity index (χ3n) is 18.0. The second-order valence-electron chi connectivity index (χ2n) is 20.0. The van der Waals surface area contributed by atoms with Crippen LogP contribution in [0.15, 0.2) is 71.6 Å². The molecular weight excluding hydrogens is 739 g/mol. The lowest BCUT2D eigenvalue weighted by Gasteiger charge is -2.71. The molecule has 2 aromatic heterocycles. The summed E-state index contributed by atoms with van der Waals surface area (Å²) in [4.78, 5) is 47.6. The number of aliphatic hydroxyl groups is 2. The number of esters is 1. The molecule has 10 unspecified atom stereocenters. The van der Waals surface area contributed by atoms with E-state index < -0.39 is 44.4 Å². The van der Waals surface area contributed by atoms with E-state index in [2.05, 4.69) is 50.3 Å². The minimum absolute atomic E-state index is 0.0375. The topological polar surface area (TPSA) is 104 Å². The first-order valence-corrected chi connectivity index (χ1v) is 22.6. The fraction of sp³-hybridized carbons (Fsp3) is 0.596. The molecule has 7 nitrogen and oxygen atoms in total. The molecule has 56 heavy (non-hydrogen) atoms. The van der Waals surface area contributed by atoms with Gasteiger partial charge in [-0.25, -0.2) is 0 Å². The minimum atomic E-state index is -1.27. The van der Waals surface area contributed by atoms with Crippen molar-refractivity contribution in [3.8, 4) is 0 Å². The smallest absolute Gasteiger partial charge is 0.313 e. The van der Waals surface area contributed by atoms with Gasteiger partial charge in [0.05, 0.1) is 28.5 Å². The van der Waals surface area contributed by atoms with Gasteiger partial charge in [-0.05, 0) is 117 Å². The Labute approximate surface area is 338 Å². The van der Waals surface area contributed by atoms with Gasteiger partial charge in [0.25, 0.3) is 5.91 Å². The van der Waals surface area contributed by atoms with E-state index in [4.69, 9.17) is 4.74 Å². The first-order valence-electron chi connectivity index (χ1n) is 20.9. The molecular formula is C47H55NO6S2. The van der Waals surface area contributed by atoms with Gasteiger partial charge in [0.2, 0.25) is 0 Å². The van der Waals surface area contributed by atoms with Crippen molar-refractivity contribution < 1.29 is 29.3 Å². The molecule has 1 amide bonds. The van der Waals surface area contributed by atoms with Gasteiger partial charge in [-0.2, -0.15) is 0 Å². The maximum atomic E-state index is 15.2. The van der Waals surface area contributed by atoms with Crippen molar-refractivity contribution in [3.63, 3.8) is 0 Å². The number of ether oxygens (including phenoxy) is 1. The van der Waals surface area contributed by atoms with Gasteiger partial charge in [0.1, 0.15) is 0 Å². The molecule has 0 radical (unpaired) electrons. The number of hydrogen-bond donors (Lipinski definition) is 2. The number of benzene rings is 1. The molecule has 2 spiro atoms. The van der Waals surface area contributed by atoms with Crippen molar-refractivity contribution >= 4 is 50.4 Å². The van der Waals surface area contributed by atoms with E-state index in [1.807, 2.05) is 55.3 Å². The average Bonchev–Trinajstić information content (AvgIpc) is 3.97. The molecule has 3 heterocycles. The quantitative estimate of drug-likeness (QED) is 0.134. The molecule has 1 saturated heterocycles. The van der Waals surface area contributed by atoms with E-state index in [9.17, 15) is 15.0 Å². The number of allylic oxidation sites excluding steroid dienone is 4. The van der Waals surface area contributed by atoms with Gasteiger partial charge in [0, 0.05) is 43.4 Å². The largest absolute Gasteiger partial charge is 0.448 e. The zero-order valence-corrected chi connectivity index (χ0v) is 35.0. The Balaban J connectivity index is 1.06. The summed E-state index contributed by atoms with van der Waals surface area (Å²) in [6.45, 7) is 11.2. The van der Waals surface area contributed by atoms with Gasteiger partial charge < -0.3 is 19.8 Å². The lowest BCUT2D eigenvalue weighted by Crippen LogP contribution is -2.68. The number of hydrogen-bond acceptors (Lipinski definition) is 8. The normalized spacial score (nSPS) is 42.6. The summed E-state index contributed by atoms with van der Waals surface area (Å²) in [7, 11) is 0. The molecule has 2 N–H and O–H groups in total. The van der Waals surface area contributed by atoms with Crippen LogP contribution < -0.4 is 0 Å². The highest BCUT2D eigenvalue weighted by molar-refractivity contribution is 7.21. The van der Waals surface area contributed by atoms with Crippen LogP contribution in [0.1, 0.15) is 107 Å². The number of fused-ring (bicyclic) bond motifs is 4. The molecule has 4 bridgehead atoms. The van der Waals surface area contributed by atoms with Crippen molar-refractivity contribution in [1.82, 2.24) is 4.90 Å². The fourth-order valence-electron chi connectivity index (χ4n) is 14.1. The molecule has 5 fully saturated rings. The Hall–Kier alpha value is -3.11. The van der Waals surface area contributed by atoms with Crippen LogP contribution in [0.2, 0.25) is 0 Å². The predicted molar refractivity (Wildman–Crippen MR) is 219 cm³/mol. The van der Waals surface area contributed by atoms with Crippen LogP contribution in [0.4, 0.5) is 0 Å². The van der Waals surface area contributed by atoms with E-state index in [1.165, 1.54) is 4.88 Å². The van der Waals surface area contributed by atoms with Crippen LogP contribution >= 0.6 is 22.7 Å². The maximum Gasteiger partial charge on any atom is 0.313 e. The van der Waals surface area contributed by atoms with Crippen LogP contribution in [0.5, 0.6) is 0 Å². The number of aliphatic hydroxyl groups excluding tert-OH is 1. The molecule has 10 atom stereocenters. The predicted octanol–water partition coefficient (Wildman–Crippen LogP) is 8.93. The summed E-state index contributed by atoms with van der Waals surface area (Å²) >= 11 is 3.22. The van der Waals surface area contributed by atoms with Crippen LogP contribution in [0.3, 0.4) is 0 Å². The van der Waals surface area contributed by atoms with E-state index in [0.29, 0.717) is 38.6 Å². The highest BCUT2D eigenvalue weighted by Gasteiger charge is 2.78. The van der Waals surface area contributed by atoms with E-state index in [1.54, 1.807) is 22.7 Å².